The molecular weight excluding hydrogens is 298 g/mol. The van der Waals surface area contributed by atoms with E-state index in [0.717, 1.165) is 19.2 Å². The third-order valence-electron chi connectivity index (χ3n) is 4.73. The van der Waals surface area contributed by atoms with E-state index in [4.69, 9.17) is 0 Å². The highest BCUT2D eigenvalue weighted by Gasteiger charge is 2.53. The molecule has 6 heteroatoms. The Bertz CT molecular complexity index is 546. The number of nitrogens with zero attached hydrogens (tertiary/aromatic N) is 1. The number of likely N-dealkylation sites (N-methyl/N-ethyl adjacent to an activating group) is 1. The summed E-state index contributed by atoms with van der Waals surface area (Å²) in [6.45, 7) is 2.03. The second-order valence-electron chi connectivity index (χ2n) is 5.81. The van der Waals surface area contributed by atoms with Crippen LogP contribution in [-0.2, 0) is 4.79 Å². The van der Waals surface area contributed by atoms with Gasteiger partial charge in [-0.25, -0.2) is 8.78 Å². The van der Waals surface area contributed by atoms with Crippen LogP contribution in [0.2, 0.25) is 0 Å². The predicted molar refractivity (Wildman–Crippen MR) is 78.5 cm³/mol. The number of benzene rings is 1. The van der Waals surface area contributed by atoms with Gasteiger partial charge in [0.2, 0.25) is 5.91 Å². The van der Waals surface area contributed by atoms with Crippen LogP contribution in [0.3, 0.4) is 0 Å². The van der Waals surface area contributed by atoms with E-state index in [1.807, 2.05) is 0 Å². The zero-order valence-corrected chi connectivity index (χ0v) is 12.7. The van der Waals surface area contributed by atoms with Crippen LogP contribution in [0, 0.1) is 17.0 Å². The van der Waals surface area contributed by atoms with Crippen molar-refractivity contribution < 1.29 is 13.6 Å². The minimum absolute atomic E-state index is 0. The van der Waals surface area contributed by atoms with Crippen molar-refractivity contribution >= 4 is 18.3 Å². The Balaban J connectivity index is 0.00000161. The quantitative estimate of drug-likeness (QED) is 0.862. The summed E-state index contributed by atoms with van der Waals surface area (Å²) in [6, 6.07) is 3.68. The lowest BCUT2D eigenvalue weighted by molar-refractivity contribution is -0.136. The molecule has 1 atom stereocenters. The average Bonchev–Trinajstić information content (AvgIpc) is 2.66. The number of piperidine rings is 1. The maximum atomic E-state index is 14.1. The van der Waals surface area contributed by atoms with E-state index in [1.54, 1.807) is 11.9 Å². The van der Waals surface area contributed by atoms with Crippen LogP contribution >= 0.6 is 12.4 Å². The van der Waals surface area contributed by atoms with E-state index in [1.165, 1.54) is 12.1 Å². The molecule has 0 radical (unpaired) electrons. The Hall–Kier alpha value is -1.20. The Labute approximate surface area is 129 Å². The van der Waals surface area contributed by atoms with Crippen molar-refractivity contribution in [3.05, 3.63) is 35.4 Å². The number of likely N-dealkylation sites (tertiary alicyclic amines) is 1. The van der Waals surface area contributed by atoms with E-state index in [2.05, 4.69) is 5.32 Å². The number of carbonyl (C=O) groups is 1. The molecule has 2 fully saturated rings. The van der Waals surface area contributed by atoms with Crippen molar-refractivity contribution in [1.29, 1.82) is 0 Å². The molecule has 1 aromatic carbocycles. The molecule has 0 bridgehead atoms. The van der Waals surface area contributed by atoms with Gasteiger partial charge in [-0.1, -0.05) is 6.07 Å². The molecule has 3 rings (SSSR count). The Morgan fingerprint density at radius 3 is 2.57 bits per heavy atom. The first-order valence-electron chi connectivity index (χ1n) is 6.96. The summed E-state index contributed by atoms with van der Waals surface area (Å²) in [5.41, 5.74) is -0.0652. The van der Waals surface area contributed by atoms with Gasteiger partial charge in [-0.15, -0.1) is 12.4 Å². The van der Waals surface area contributed by atoms with E-state index >= 15 is 0 Å². The molecule has 1 N–H and O–H groups in total. The highest BCUT2D eigenvalue weighted by molar-refractivity contribution is 5.86. The third-order valence-corrected chi connectivity index (χ3v) is 4.73. The van der Waals surface area contributed by atoms with Crippen LogP contribution in [0.25, 0.3) is 0 Å². The van der Waals surface area contributed by atoms with Gasteiger partial charge in [0.05, 0.1) is 5.41 Å². The fourth-order valence-corrected chi connectivity index (χ4v) is 3.68. The first-order chi connectivity index (χ1) is 9.54. The molecule has 3 nitrogen and oxygen atoms in total. The summed E-state index contributed by atoms with van der Waals surface area (Å²) in [5.74, 6) is -1.23. The lowest BCUT2D eigenvalue weighted by atomic mass is 9.68. The van der Waals surface area contributed by atoms with Crippen molar-refractivity contribution in [3.63, 3.8) is 0 Å². The van der Waals surface area contributed by atoms with Crippen molar-refractivity contribution in [2.75, 3.05) is 26.7 Å². The van der Waals surface area contributed by atoms with E-state index in [0.29, 0.717) is 24.9 Å². The van der Waals surface area contributed by atoms with Crippen molar-refractivity contribution in [3.8, 4) is 0 Å². The van der Waals surface area contributed by atoms with Gasteiger partial charge in [-0.2, -0.15) is 0 Å². The second-order valence-corrected chi connectivity index (χ2v) is 5.81. The molecule has 116 valence electrons. The van der Waals surface area contributed by atoms with Gasteiger partial charge in [0.15, 0.2) is 0 Å². The zero-order chi connectivity index (χ0) is 14.3. The van der Waals surface area contributed by atoms with E-state index < -0.39 is 17.0 Å². The van der Waals surface area contributed by atoms with Crippen molar-refractivity contribution in [2.24, 2.45) is 5.41 Å². The molecular formula is C15H19ClF2N2O. The Morgan fingerprint density at radius 1 is 1.29 bits per heavy atom. The number of hydrogen-bond acceptors (Lipinski definition) is 2. The van der Waals surface area contributed by atoms with Crippen LogP contribution in [0.5, 0.6) is 0 Å². The molecule has 1 spiro atoms. The molecule has 2 aliphatic heterocycles. The maximum Gasteiger partial charge on any atom is 0.229 e. The number of halogens is 3. The van der Waals surface area contributed by atoms with Gasteiger partial charge < -0.3 is 10.2 Å². The van der Waals surface area contributed by atoms with Gasteiger partial charge in [-0.05, 0) is 37.6 Å². The lowest BCUT2D eigenvalue weighted by Crippen LogP contribution is -2.44. The minimum Gasteiger partial charge on any atom is -0.345 e. The predicted octanol–water partition coefficient (Wildman–Crippen LogP) is 2.31. The normalized spacial score (nSPS) is 24.2. The van der Waals surface area contributed by atoms with Crippen molar-refractivity contribution in [1.82, 2.24) is 10.2 Å². The first-order valence-corrected chi connectivity index (χ1v) is 6.96. The monoisotopic (exact) mass is 316 g/mol. The third kappa shape index (κ3) is 2.53. The average molecular weight is 317 g/mol. The minimum atomic E-state index is -0.580. The summed E-state index contributed by atoms with van der Waals surface area (Å²) >= 11 is 0. The van der Waals surface area contributed by atoms with Crippen LogP contribution in [-0.4, -0.2) is 37.5 Å². The van der Waals surface area contributed by atoms with Crippen molar-refractivity contribution in [2.45, 2.75) is 18.8 Å². The number of rotatable bonds is 1. The largest absolute Gasteiger partial charge is 0.345 e. The summed E-state index contributed by atoms with van der Waals surface area (Å²) < 4.78 is 27.2. The molecule has 21 heavy (non-hydrogen) atoms. The maximum absolute atomic E-state index is 14.1. The molecule has 2 saturated heterocycles. The molecule has 0 aliphatic carbocycles. The number of nitrogens with one attached hydrogen (secondary N) is 1. The van der Waals surface area contributed by atoms with Gasteiger partial charge >= 0.3 is 0 Å². The summed E-state index contributed by atoms with van der Waals surface area (Å²) in [6.07, 6.45) is 1.41. The van der Waals surface area contributed by atoms with Gasteiger partial charge in [0.25, 0.3) is 0 Å². The molecule has 0 saturated carbocycles. The molecule has 1 amide bonds. The fourth-order valence-electron chi connectivity index (χ4n) is 3.68. The summed E-state index contributed by atoms with van der Waals surface area (Å²) in [5, 5.41) is 3.24. The molecule has 2 aliphatic rings. The van der Waals surface area contributed by atoms with Gasteiger partial charge in [0, 0.05) is 25.6 Å². The molecule has 1 aromatic rings. The summed E-state index contributed by atoms with van der Waals surface area (Å²) in [7, 11) is 1.76. The SMILES string of the molecule is CN1CC(c2ccc(F)cc2F)C2(CCNCC2)C1=O.Cl. The van der Waals surface area contributed by atoms with Crippen LogP contribution in [0.1, 0.15) is 24.3 Å². The molecule has 0 aromatic heterocycles. The molecule has 2 heterocycles. The van der Waals surface area contributed by atoms with E-state index in [-0.39, 0.29) is 24.2 Å². The topological polar surface area (TPSA) is 32.3 Å². The lowest BCUT2D eigenvalue weighted by Gasteiger charge is -2.36. The second kappa shape index (κ2) is 5.89. The van der Waals surface area contributed by atoms with E-state index in [9.17, 15) is 13.6 Å². The van der Waals surface area contributed by atoms with Crippen LogP contribution in [0.4, 0.5) is 8.78 Å². The highest BCUT2D eigenvalue weighted by atomic mass is 35.5. The zero-order valence-electron chi connectivity index (χ0n) is 11.9. The number of hydrogen-bond donors (Lipinski definition) is 1. The number of carbonyl (C=O) groups excluding carboxylic acids is 1. The Kier molecular flexibility index (Phi) is 4.54. The van der Waals surface area contributed by atoms with Crippen LogP contribution in [0.15, 0.2) is 18.2 Å². The van der Waals surface area contributed by atoms with Gasteiger partial charge in [-0.3, -0.25) is 4.79 Å². The smallest absolute Gasteiger partial charge is 0.229 e. The first kappa shape index (κ1) is 16.2. The highest BCUT2D eigenvalue weighted by Crippen LogP contribution is 2.49. The standard InChI is InChI=1S/C15H18F2N2O.ClH/c1-19-9-12(11-3-2-10(16)8-13(11)17)15(14(19)20)4-6-18-7-5-15;/h2-3,8,12,18H,4-7,9H2,1H3;1H. The Morgan fingerprint density at radius 2 is 1.95 bits per heavy atom. The van der Waals surface area contributed by atoms with Gasteiger partial charge in [0.1, 0.15) is 11.6 Å². The van der Waals surface area contributed by atoms with Crippen LogP contribution < -0.4 is 5.32 Å². The number of amides is 1. The summed E-state index contributed by atoms with van der Waals surface area (Å²) in [4.78, 5) is 14.2. The molecule has 1 unspecified atom stereocenters. The fraction of sp³-hybridized carbons (Fsp3) is 0.533.